The molecule has 0 N–H and O–H groups in total. The largest absolute Gasteiger partial charge is 0.449 e. The van der Waals surface area contributed by atoms with Gasteiger partial charge in [0.1, 0.15) is 0 Å². The minimum atomic E-state index is -0.920. The molecule has 1 unspecified atom stereocenters. The minimum absolute atomic E-state index is 0.166. The van der Waals surface area contributed by atoms with Crippen molar-refractivity contribution < 1.29 is 14.3 Å². The highest BCUT2D eigenvalue weighted by atomic mass is 16.5. The van der Waals surface area contributed by atoms with Crippen molar-refractivity contribution in [2.75, 3.05) is 11.9 Å². The highest BCUT2D eigenvalue weighted by Crippen LogP contribution is 2.18. The number of esters is 1. The zero-order chi connectivity index (χ0) is 19.6. The van der Waals surface area contributed by atoms with Gasteiger partial charge >= 0.3 is 5.97 Å². The molecule has 2 heterocycles. The quantitative estimate of drug-likeness (QED) is 0.648. The summed E-state index contributed by atoms with van der Waals surface area (Å²) in [7, 11) is 1.65. The van der Waals surface area contributed by atoms with Crippen molar-refractivity contribution in [3.05, 3.63) is 54.4 Å². The summed E-state index contributed by atoms with van der Waals surface area (Å²) in [5.74, 6) is -0.903. The van der Waals surface area contributed by atoms with E-state index in [2.05, 4.69) is 10.1 Å². The first-order valence-electron chi connectivity index (χ1n) is 8.75. The van der Waals surface area contributed by atoms with E-state index in [1.54, 1.807) is 30.9 Å². The Balaban J connectivity index is 1.72. The maximum absolute atomic E-state index is 12.5. The maximum atomic E-state index is 12.5. The number of anilines is 1. The Labute approximate surface area is 157 Å². The second-order valence-corrected chi connectivity index (χ2v) is 6.60. The van der Waals surface area contributed by atoms with Gasteiger partial charge in [-0.2, -0.15) is 5.10 Å². The molecule has 7 heteroatoms. The minimum Gasteiger partial charge on any atom is -0.449 e. The monoisotopic (exact) mass is 366 g/mol. The van der Waals surface area contributed by atoms with Gasteiger partial charge in [0.25, 0.3) is 5.91 Å². The molecule has 0 saturated heterocycles. The molecule has 0 aliphatic heterocycles. The van der Waals surface area contributed by atoms with Gasteiger partial charge in [-0.3, -0.25) is 4.79 Å². The number of amides is 1. The molecule has 2 aromatic heterocycles. The molecule has 1 aromatic carbocycles. The number of aromatic nitrogens is 3. The Morgan fingerprint density at radius 3 is 2.48 bits per heavy atom. The summed E-state index contributed by atoms with van der Waals surface area (Å²) in [5.41, 5.74) is 1.72. The van der Waals surface area contributed by atoms with Gasteiger partial charge in [0.15, 0.2) is 11.8 Å². The Bertz CT molecular complexity index is 966. The van der Waals surface area contributed by atoms with Gasteiger partial charge in [0, 0.05) is 30.4 Å². The third-order valence-corrected chi connectivity index (χ3v) is 4.26. The fourth-order valence-corrected chi connectivity index (χ4v) is 2.76. The van der Waals surface area contributed by atoms with E-state index in [-0.39, 0.29) is 17.5 Å². The highest BCUT2D eigenvalue weighted by Gasteiger charge is 2.23. The third-order valence-electron chi connectivity index (χ3n) is 4.26. The summed E-state index contributed by atoms with van der Waals surface area (Å²) in [5, 5.41) is 5.03. The van der Waals surface area contributed by atoms with Gasteiger partial charge in [0.2, 0.25) is 0 Å². The molecular weight excluding hydrogens is 344 g/mol. The smallest absolute Gasteiger partial charge is 0.340 e. The molecule has 7 nitrogen and oxygen atoms in total. The van der Waals surface area contributed by atoms with E-state index in [9.17, 15) is 9.59 Å². The van der Waals surface area contributed by atoms with Crippen molar-refractivity contribution in [2.24, 2.45) is 0 Å². The standard InChI is InChI=1S/C20H22N4O3/c1-13(2)24-18-15(12-22-24)10-16(11-21-18)20(26)27-14(3)19(25)23(4)17-8-6-5-7-9-17/h5-14H,1-4H3. The average molecular weight is 366 g/mol. The van der Waals surface area contributed by atoms with Crippen LogP contribution in [0.1, 0.15) is 37.2 Å². The van der Waals surface area contributed by atoms with Crippen LogP contribution in [-0.4, -0.2) is 39.8 Å². The van der Waals surface area contributed by atoms with Gasteiger partial charge in [0.05, 0.1) is 11.8 Å². The lowest BCUT2D eigenvalue weighted by Gasteiger charge is -2.21. The number of carbonyl (C=O) groups is 2. The van der Waals surface area contributed by atoms with Crippen LogP contribution in [-0.2, 0) is 9.53 Å². The molecule has 0 aliphatic rings. The molecule has 1 amide bonds. The molecule has 0 radical (unpaired) electrons. The molecule has 0 bridgehead atoms. The van der Waals surface area contributed by atoms with Crippen molar-refractivity contribution in [1.29, 1.82) is 0 Å². The van der Waals surface area contributed by atoms with Crippen LogP contribution in [0.3, 0.4) is 0 Å². The van der Waals surface area contributed by atoms with Crippen molar-refractivity contribution in [2.45, 2.75) is 32.9 Å². The van der Waals surface area contributed by atoms with Crippen LogP contribution in [0.2, 0.25) is 0 Å². The Kier molecular flexibility index (Phi) is 5.21. The number of pyridine rings is 1. The predicted octanol–water partition coefficient (Wildman–Crippen LogP) is 3.22. The van der Waals surface area contributed by atoms with Gasteiger partial charge < -0.3 is 9.64 Å². The van der Waals surface area contributed by atoms with Crippen molar-refractivity contribution in [3.8, 4) is 0 Å². The van der Waals surface area contributed by atoms with Crippen LogP contribution < -0.4 is 4.90 Å². The fourth-order valence-electron chi connectivity index (χ4n) is 2.76. The van der Waals surface area contributed by atoms with Crippen LogP contribution in [0.25, 0.3) is 11.0 Å². The van der Waals surface area contributed by atoms with Crippen molar-refractivity contribution in [3.63, 3.8) is 0 Å². The molecule has 0 spiro atoms. The first-order valence-corrected chi connectivity index (χ1v) is 8.75. The van der Waals surface area contributed by atoms with Crippen LogP contribution >= 0.6 is 0 Å². The normalized spacial score (nSPS) is 12.2. The zero-order valence-corrected chi connectivity index (χ0v) is 15.8. The van der Waals surface area contributed by atoms with E-state index in [0.717, 1.165) is 11.1 Å². The number of fused-ring (bicyclic) bond motifs is 1. The number of nitrogens with zero attached hydrogens (tertiary/aromatic N) is 4. The summed E-state index contributed by atoms with van der Waals surface area (Å²) in [4.78, 5) is 30.8. The molecular formula is C20H22N4O3. The zero-order valence-electron chi connectivity index (χ0n) is 15.8. The first kappa shape index (κ1) is 18.6. The lowest BCUT2D eigenvalue weighted by Crippen LogP contribution is -2.37. The molecule has 140 valence electrons. The third kappa shape index (κ3) is 3.81. The molecule has 0 aliphatic carbocycles. The number of carbonyl (C=O) groups excluding carboxylic acids is 2. The van der Waals surface area contributed by atoms with E-state index < -0.39 is 12.1 Å². The summed E-state index contributed by atoms with van der Waals surface area (Å²) in [6.07, 6.45) is 2.19. The van der Waals surface area contributed by atoms with Crippen molar-refractivity contribution >= 4 is 28.6 Å². The van der Waals surface area contributed by atoms with E-state index in [0.29, 0.717) is 5.65 Å². The van der Waals surface area contributed by atoms with Crippen molar-refractivity contribution in [1.82, 2.24) is 14.8 Å². The molecule has 27 heavy (non-hydrogen) atoms. The second-order valence-electron chi connectivity index (χ2n) is 6.60. The average Bonchev–Trinajstić information content (AvgIpc) is 3.10. The molecule has 1 atom stereocenters. The Morgan fingerprint density at radius 2 is 1.81 bits per heavy atom. The summed E-state index contributed by atoms with van der Waals surface area (Å²) >= 11 is 0. The lowest BCUT2D eigenvalue weighted by molar-refractivity contribution is -0.126. The summed E-state index contributed by atoms with van der Waals surface area (Å²) < 4.78 is 7.13. The molecule has 0 fully saturated rings. The molecule has 3 aromatic rings. The Morgan fingerprint density at radius 1 is 1.11 bits per heavy atom. The summed E-state index contributed by atoms with van der Waals surface area (Å²) in [6, 6.07) is 11.0. The second kappa shape index (κ2) is 7.57. The van der Waals surface area contributed by atoms with Gasteiger partial charge in [-0.1, -0.05) is 18.2 Å². The topological polar surface area (TPSA) is 77.3 Å². The van der Waals surface area contributed by atoms with E-state index in [1.165, 1.54) is 11.1 Å². The number of likely N-dealkylation sites (N-methyl/N-ethyl adjacent to an activating group) is 1. The Hall–Kier alpha value is -3.22. The van der Waals surface area contributed by atoms with Crippen LogP contribution in [0.5, 0.6) is 0 Å². The van der Waals surface area contributed by atoms with Gasteiger partial charge in [-0.15, -0.1) is 0 Å². The highest BCUT2D eigenvalue weighted by molar-refractivity contribution is 5.99. The number of ether oxygens (including phenoxy) is 1. The van der Waals surface area contributed by atoms with E-state index >= 15 is 0 Å². The number of hydrogen-bond acceptors (Lipinski definition) is 5. The first-order chi connectivity index (χ1) is 12.9. The van der Waals surface area contributed by atoms with Gasteiger partial charge in [-0.05, 0) is 39.0 Å². The maximum Gasteiger partial charge on any atom is 0.340 e. The lowest BCUT2D eigenvalue weighted by atomic mass is 10.2. The summed E-state index contributed by atoms with van der Waals surface area (Å²) in [6.45, 7) is 5.57. The molecule has 3 rings (SSSR count). The SMILES string of the molecule is CC(OC(=O)c1cnc2c(cnn2C(C)C)c1)C(=O)N(C)c1ccccc1. The number of rotatable bonds is 5. The number of para-hydroxylation sites is 1. The van der Waals surface area contributed by atoms with E-state index in [4.69, 9.17) is 4.74 Å². The number of benzene rings is 1. The van der Waals surface area contributed by atoms with Gasteiger partial charge in [-0.25, -0.2) is 14.5 Å². The number of hydrogen-bond donors (Lipinski definition) is 0. The van der Waals surface area contributed by atoms with Crippen LogP contribution in [0.15, 0.2) is 48.8 Å². The predicted molar refractivity (Wildman–Crippen MR) is 103 cm³/mol. The van der Waals surface area contributed by atoms with E-state index in [1.807, 2.05) is 44.2 Å². The van der Waals surface area contributed by atoms with Crippen LogP contribution in [0, 0.1) is 0 Å². The fraction of sp³-hybridized carbons (Fsp3) is 0.300. The van der Waals surface area contributed by atoms with Crippen LogP contribution in [0.4, 0.5) is 5.69 Å². The molecule has 0 saturated carbocycles.